The fourth-order valence-electron chi connectivity index (χ4n) is 6.63. The van der Waals surface area contributed by atoms with E-state index in [1.807, 2.05) is 0 Å². The highest BCUT2D eigenvalue weighted by Gasteiger charge is 2.50. The average Bonchev–Trinajstić information content (AvgIpc) is 3.55. The first-order valence-electron chi connectivity index (χ1n) is 12.5. The van der Waals surface area contributed by atoms with Crippen molar-refractivity contribution >= 4 is 11.5 Å². The number of fused-ring (bicyclic) bond motifs is 1. The maximum atomic E-state index is 10.2. The molecule has 7 atom stereocenters. The van der Waals surface area contributed by atoms with Crippen LogP contribution in [0.2, 0.25) is 0 Å². The maximum Gasteiger partial charge on any atom is 0.196 e. The van der Waals surface area contributed by atoms with Crippen LogP contribution in [0.4, 0.5) is 0 Å². The van der Waals surface area contributed by atoms with Crippen molar-refractivity contribution in [3.8, 4) is 0 Å². The molecule has 0 aliphatic heterocycles. The Hall–Kier alpha value is -1.34. The first kappa shape index (κ1) is 26.3. The minimum atomic E-state index is -0.621. The molecule has 4 rings (SSSR count). The number of aliphatic hydroxyl groups excluding tert-OH is 3. The van der Waals surface area contributed by atoms with Crippen molar-refractivity contribution in [3.63, 3.8) is 0 Å². The lowest BCUT2D eigenvalue weighted by Gasteiger charge is -2.44. The molecule has 184 valence electrons. The Balaban J connectivity index is 0.000000968. The molecule has 0 aromatic rings. The van der Waals surface area contributed by atoms with Crippen molar-refractivity contribution in [3.05, 3.63) is 47.6 Å². The van der Waals surface area contributed by atoms with E-state index in [2.05, 4.69) is 44.7 Å². The van der Waals surface area contributed by atoms with Crippen LogP contribution in [0.3, 0.4) is 0 Å². The van der Waals surface area contributed by atoms with Gasteiger partial charge in [0.2, 0.25) is 0 Å². The third-order valence-corrected chi connectivity index (χ3v) is 8.65. The summed E-state index contributed by atoms with van der Waals surface area (Å²) in [5, 5.41) is 30.4. The summed E-state index contributed by atoms with van der Waals surface area (Å²) in [4.78, 5) is 0. The van der Waals surface area contributed by atoms with Gasteiger partial charge >= 0.3 is 0 Å². The minimum Gasteiger partial charge on any atom is -0.393 e. The number of nitrogens with one attached hydrogen (secondary N) is 1. The van der Waals surface area contributed by atoms with Gasteiger partial charge in [0, 0.05) is 6.42 Å². The zero-order valence-corrected chi connectivity index (χ0v) is 20.9. The molecule has 6 heteroatoms. The lowest BCUT2D eigenvalue weighted by atomic mass is 9.61. The number of hydrogen-bond acceptors (Lipinski definition) is 5. The van der Waals surface area contributed by atoms with Crippen molar-refractivity contribution in [1.29, 1.82) is 4.78 Å². The van der Waals surface area contributed by atoms with E-state index in [4.69, 9.17) is 8.99 Å². The number of hydrogen-bond donors (Lipinski definition) is 4. The summed E-state index contributed by atoms with van der Waals surface area (Å²) in [6.07, 6.45) is 16.9. The van der Waals surface area contributed by atoms with Crippen LogP contribution in [0, 0.1) is 33.9 Å². The van der Waals surface area contributed by atoms with Crippen LogP contribution < -0.4 is 0 Å². The molecule has 0 saturated heterocycles. The number of allylic oxidation sites excluding steroid dienone is 4. The summed E-state index contributed by atoms with van der Waals surface area (Å²) >= 11 is -0.250. The molecule has 0 heterocycles. The zero-order valence-electron chi connectivity index (χ0n) is 20.1. The molecule has 0 unspecified atom stereocenters. The highest BCUT2D eigenvalue weighted by molar-refractivity contribution is 7.53. The summed E-state index contributed by atoms with van der Waals surface area (Å²) in [5.41, 5.74) is 3.63. The molecule has 4 saturated carbocycles. The van der Waals surface area contributed by atoms with Crippen LogP contribution in [-0.4, -0.2) is 37.8 Å². The Bertz CT molecular complexity index is 839. The molecule has 4 aliphatic rings. The lowest BCUT2D eigenvalue weighted by Crippen LogP contribution is -2.35. The van der Waals surface area contributed by atoms with E-state index in [0.717, 1.165) is 17.6 Å². The van der Waals surface area contributed by atoms with Crippen molar-refractivity contribution in [2.75, 3.05) is 0 Å². The molecule has 0 aromatic carbocycles. The first-order chi connectivity index (χ1) is 15.7. The Morgan fingerprint density at radius 1 is 1.18 bits per heavy atom. The van der Waals surface area contributed by atoms with Crippen molar-refractivity contribution < 1.29 is 19.5 Å². The fraction of sp³-hybridized carbons (Fsp3) is 0.704. The third-order valence-electron chi connectivity index (χ3n) is 8.65. The Kier molecular flexibility index (Phi) is 9.07. The van der Waals surface area contributed by atoms with Crippen molar-refractivity contribution in [2.45, 2.75) is 89.9 Å². The highest BCUT2D eigenvalue weighted by atomic mass is 32.1. The van der Waals surface area contributed by atoms with Gasteiger partial charge in [-0.15, -0.1) is 0 Å². The third kappa shape index (κ3) is 6.21. The van der Waals surface area contributed by atoms with E-state index in [9.17, 15) is 15.3 Å². The van der Waals surface area contributed by atoms with Crippen LogP contribution in [-0.2, 0) is 11.5 Å². The van der Waals surface area contributed by atoms with Crippen LogP contribution in [0.5, 0.6) is 0 Å². The van der Waals surface area contributed by atoms with Crippen molar-refractivity contribution in [2.24, 2.45) is 29.1 Å². The van der Waals surface area contributed by atoms with Gasteiger partial charge < -0.3 is 15.3 Å². The SMILES string of the molecule is C=C1/C(=C\C=C2/CCC[C@]3(C)[C@@H]([C@H](C)/C=C/[C@@H](O)C4CC4)CC[C@@H]23)C[C@@H](O)C[C@@H]1O.N=S=O. The standard InChI is InChI=1S/C27H40O3.HNOS/c1-17(6-13-25(29)20-8-9-20)23-11-12-24-19(5-4-14-27(23,24)3)7-10-21-15-22(28)16-26(30)18(21)2;1-3-2/h6-7,10,13,17,20,22-26,28-30H,2,4-5,8-9,11-12,14-16H2,1,3H3;1H/b13-6+,19-7+,21-10-;/t17-,22-,23-,24+,25-,26+,27-;/m1./s1. The Morgan fingerprint density at radius 3 is 2.55 bits per heavy atom. The summed E-state index contributed by atoms with van der Waals surface area (Å²) in [6.45, 7) is 8.88. The van der Waals surface area contributed by atoms with Crippen LogP contribution in [0.1, 0.15) is 71.6 Å². The van der Waals surface area contributed by atoms with Gasteiger partial charge in [0.05, 0.1) is 18.3 Å². The topological polar surface area (TPSA) is 102 Å². The second-order valence-corrected chi connectivity index (χ2v) is 11.0. The zero-order chi connectivity index (χ0) is 24.2. The largest absolute Gasteiger partial charge is 0.393 e. The first-order valence-corrected chi connectivity index (χ1v) is 13.2. The maximum absolute atomic E-state index is 10.2. The number of rotatable bonds is 5. The number of aliphatic hydroxyl groups is 3. The summed E-state index contributed by atoms with van der Waals surface area (Å²) in [6, 6.07) is 0. The normalized spacial score (nSPS) is 38.6. The van der Waals surface area contributed by atoms with Gasteiger partial charge in [0.25, 0.3) is 0 Å². The molecule has 0 spiro atoms. The van der Waals surface area contributed by atoms with E-state index >= 15 is 0 Å². The molecule has 0 bridgehead atoms. The summed E-state index contributed by atoms with van der Waals surface area (Å²) < 4.78 is 14.1. The van der Waals surface area contributed by atoms with Gasteiger partial charge in [-0.25, -0.2) is 4.78 Å². The van der Waals surface area contributed by atoms with Gasteiger partial charge in [-0.05, 0) is 91.6 Å². The molecule has 0 aromatic heterocycles. The quantitative estimate of drug-likeness (QED) is 0.418. The van der Waals surface area contributed by atoms with E-state index in [1.54, 1.807) is 0 Å². The predicted molar refractivity (Wildman–Crippen MR) is 133 cm³/mol. The van der Waals surface area contributed by atoms with Crippen LogP contribution in [0.15, 0.2) is 47.6 Å². The second-order valence-electron chi connectivity index (χ2n) is 10.8. The molecular weight excluding hydrogens is 434 g/mol. The molecular formula is C27H41NO4S. The van der Waals surface area contributed by atoms with Gasteiger partial charge in [-0.1, -0.05) is 50.3 Å². The summed E-state index contributed by atoms with van der Waals surface area (Å²) in [5.74, 6) is 2.28. The average molecular weight is 476 g/mol. The lowest BCUT2D eigenvalue weighted by molar-refractivity contribution is 0.0862. The van der Waals surface area contributed by atoms with Gasteiger partial charge in [-0.3, -0.25) is 0 Å². The minimum absolute atomic E-state index is 0.250. The van der Waals surface area contributed by atoms with Crippen molar-refractivity contribution in [1.82, 2.24) is 0 Å². The fourth-order valence-corrected chi connectivity index (χ4v) is 6.63. The predicted octanol–water partition coefficient (Wildman–Crippen LogP) is 5.05. The smallest absolute Gasteiger partial charge is 0.196 e. The molecule has 5 nitrogen and oxygen atoms in total. The van der Waals surface area contributed by atoms with Gasteiger partial charge in [-0.2, -0.15) is 4.21 Å². The summed E-state index contributed by atoms with van der Waals surface area (Å²) in [7, 11) is 0. The van der Waals surface area contributed by atoms with Crippen LogP contribution in [0.25, 0.3) is 0 Å². The Morgan fingerprint density at radius 2 is 1.88 bits per heavy atom. The highest BCUT2D eigenvalue weighted by Crippen LogP contribution is 2.59. The van der Waals surface area contributed by atoms with E-state index < -0.39 is 12.2 Å². The Labute approximate surface area is 202 Å². The molecule has 4 N–H and O–H groups in total. The molecule has 0 radical (unpaired) electrons. The van der Waals surface area contributed by atoms with Gasteiger partial charge in [0.1, 0.15) is 0 Å². The van der Waals surface area contributed by atoms with E-state index in [1.165, 1.54) is 44.1 Å². The molecule has 4 aliphatic carbocycles. The molecule has 33 heavy (non-hydrogen) atoms. The second kappa shape index (κ2) is 11.4. The van der Waals surface area contributed by atoms with Gasteiger partial charge in [0.15, 0.2) is 11.5 Å². The van der Waals surface area contributed by atoms with E-state index in [0.29, 0.717) is 41.9 Å². The van der Waals surface area contributed by atoms with Crippen LogP contribution >= 0.6 is 0 Å². The van der Waals surface area contributed by atoms with E-state index in [-0.39, 0.29) is 17.6 Å². The molecule has 0 amide bonds. The molecule has 4 fully saturated rings. The monoisotopic (exact) mass is 475 g/mol.